The molecule has 3 rings (SSSR count). The van der Waals surface area contributed by atoms with Crippen LogP contribution in [0.15, 0.2) is 34.3 Å². The Labute approximate surface area is 474 Å². The van der Waals surface area contributed by atoms with Gasteiger partial charge in [-0.15, -0.1) is 0 Å². The molecule has 20 N–H and O–H groups in total. The Hall–Kier alpha value is -9.12. The molecular weight excluding hydrogens is 1070 g/mol. The largest absolute Gasteiger partial charge is 0.507 e. The first-order valence-corrected chi connectivity index (χ1v) is 26.3. The van der Waals surface area contributed by atoms with Gasteiger partial charge in [0.2, 0.25) is 47.0 Å². The van der Waals surface area contributed by atoms with Crippen molar-refractivity contribution in [3.63, 3.8) is 0 Å². The van der Waals surface area contributed by atoms with Crippen molar-refractivity contribution in [1.29, 1.82) is 0 Å². The summed E-state index contributed by atoms with van der Waals surface area (Å²) < 4.78 is 11.2. The number of ketones is 2. The van der Waals surface area contributed by atoms with Gasteiger partial charge in [-0.2, -0.15) is 0 Å². The third-order valence-corrected chi connectivity index (χ3v) is 12.3. The van der Waals surface area contributed by atoms with Crippen LogP contribution in [0.3, 0.4) is 0 Å². The number of phenolic OH excluding ortho intramolecular Hbond substituents is 2. The van der Waals surface area contributed by atoms with Gasteiger partial charge >= 0.3 is 12.2 Å². The number of hydrogen-bond donors (Lipinski definition) is 14. The normalized spacial score (nSPS) is 14.0. The van der Waals surface area contributed by atoms with E-state index in [4.69, 9.17) is 43.9 Å². The lowest BCUT2D eigenvalue weighted by Gasteiger charge is -2.32. The molecule has 30 nitrogen and oxygen atoms in total. The molecule has 8 amide bonds. The monoisotopic (exact) mass is 1150 g/mol. The molecule has 2 aromatic rings. The van der Waals surface area contributed by atoms with E-state index in [0.29, 0.717) is 0 Å². The second-order valence-electron chi connectivity index (χ2n) is 21.3. The second-order valence-corrected chi connectivity index (χ2v) is 21.3. The summed E-state index contributed by atoms with van der Waals surface area (Å²) in [5, 5.41) is 37.9. The molecule has 0 fully saturated rings. The summed E-state index contributed by atoms with van der Waals surface area (Å²) in [6.45, 7) is 14.3. The number of carbonyl (C=O) groups excluding carboxylic acids is 10. The quantitative estimate of drug-likeness (QED) is 0.0180. The van der Waals surface area contributed by atoms with Crippen molar-refractivity contribution >= 4 is 82.5 Å². The van der Waals surface area contributed by atoms with Crippen LogP contribution < -0.4 is 66.3 Å². The summed E-state index contributed by atoms with van der Waals surface area (Å²) in [7, 11) is 0. The van der Waals surface area contributed by atoms with E-state index < -0.39 is 129 Å². The zero-order chi connectivity index (χ0) is 62.1. The van der Waals surface area contributed by atoms with Crippen LogP contribution in [-0.2, 0) is 38.2 Å². The van der Waals surface area contributed by atoms with Gasteiger partial charge < -0.3 is 86.0 Å². The summed E-state index contributed by atoms with van der Waals surface area (Å²) in [6.07, 6.45) is -1.14. The van der Waals surface area contributed by atoms with Gasteiger partial charge in [-0.05, 0) is 119 Å². The molecule has 2 aromatic carbocycles. The van der Waals surface area contributed by atoms with E-state index in [9.17, 15) is 58.2 Å². The van der Waals surface area contributed by atoms with Gasteiger partial charge in [0, 0.05) is 50.6 Å². The standard InChI is InChI=1S/C52H80N16O14/c1-25(43(75)65-31(41(53)73)13-11-19-61-47(55)56)63-45(77)27(3)67(49(79)81-51(5,6)7)23-21-59-29-15-16-30(36-35(29)39(71)37-33(69)17-18-34(70)38(37)40(36)72)60-22-24-68(50(80)82-52(8,9)10)28(4)46(78)64-26(2)44(76)66-32(42(54)74)14-12-20-62-48(57)58/h15-18,25-28,31-32,59-60,69-70H,11-14,19-24H2,1-10H3,(H2,53,73)(H2,54,74)(H,63,77)(H,64,78)(H,65,75)(H,66,76)(H4,55,56,61)(H4,57,58,62)/t25-,26-,27-,28-,31-,32-/m0/s1. The number of amides is 8. The van der Waals surface area contributed by atoms with Gasteiger partial charge in [0.05, 0.1) is 22.3 Å². The van der Waals surface area contributed by atoms with Crippen LogP contribution in [0.2, 0.25) is 0 Å². The Bertz CT molecular complexity index is 2600. The lowest BCUT2D eigenvalue weighted by molar-refractivity contribution is -0.132. The Morgan fingerprint density at radius 1 is 0.524 bits per heavy atom. The van der Waals surface area contributed by atoms with E-state index in [1.54, 1.807) is 41.5 Å². The lowest BCUT2D eigenvalue weighted by atomic mass is 9.81. The Morgan fingerprint density at radius 3 is 1.15 bits per heavy atom. The number of nitrogens with zero attached hydrogens (tertiary/aromatic N) is 4. The lowest BCUT2D eigenvalue weighted by Crippen LogP contribution is -2.56. The van der Waals surface area contributed by atoms with Crippen LogP contribution in [0.4, 0.5) is 21.0 Å². The summed E-state index contributed by atoms with van der Waals surface area (Å²) in [6, 6.07) is -2.46. The molecule has 0 bridgehead atoms. The highest BCUT2D eigenvalue weighted by atomic mass is 16.6. The molecule has 1 aliphatic rings. The molecule has 0 radical (unpaired) electrons. The fraction of sp³-hybridized carbons (Fsp3) is 0.538. The number of hydrogen-bond acceptors (Lipinski definition) is 18. The number of phenols is 2. The van der Waals surface area contributed by atoms with E-state index in [1.807, 2.05) is 0 Å². The Morgan fingerprint density at radius 2 is 0.854 bits per heavy atom. The van der Waals surface area contributed by atoms with Crippen LogP contribution in [0.1, 0.15) is 127 Å². The number of carbonyl (C=O) groups is 10. The van der Waals surface area contributed by atoms with Crippen molar-refractivity contribution in [2.45, 2.75) is 142 Å². The van der Waals surface area contributed by atoms with Crippen LogP contribution in [0.25, 0.3) is 0 Å². The van der Waals surface area contributed by atoms with Gasteiger partial charge in [0.1, 0.15) is 59.0 Å². The van der Waals surface area contributed by atoms with E-state index in [2.05, 4.69) is 41.9 Å². The minimum atomic E-state index is -1.31. The molecule has 82 heavy (non-hydrogen) atoms. The summed E-state index contributed by atoms with van der Waals surface area (Å²) in [5.74, 6) is -8.17. The van der Waals surface area contributed by atoms with Gasteiger partial charge in [-0.1, -0.05) is 0 Å². The zero-order valence-corrected chi connectivity index (χ0v) is 47.9. The van der Waals surface area contributed by atoms with Gasteiger partial charge in [-0.3, -0.25) is 58.1 Å². The van der Waals surface area contributed by atoms with Crippen molar-refractivity contribution in [1.82, 2.24) is 31.1 Å². The zero-order valence-electron chi connectivity index (χ0n) is 47.9. The maximum atomic E-state index is 14.5. The van der Waals surface area contributed by atoms with E-state index >= 15 is 0 Å². The fourth-order valence-electron chi connectivity index (χ4n) is 8.06. The number of nitrogens with one attached hydrogen (secondary N) is 6. The van der Waals surface area contributed by atoms with Crippen LogP contribution in [0, 0.1) is 0 Å². The number of nitrogens with two attached hydrogens (primary N) is 6. The first-order chi connectivity index (χ1) is 38.1. The highest BCUT2D eigenvalue weighted by Crippen LogP contribution is 2.42. The maximum absolute atomic E-state index is 14.5. The highest BCUT2D eigenvalue weighted by molar-refractivity contribution is 6.33. The fourth-order valence-corrected chi connectivity index (χ4v) is 8.06. The number of aromatic hydroxyl groups is 2. The van der Waals surface area contributed by atoms with Crippen molar-refractivity contribution in [2.24, 2.45) is 44.4 Å². The Kier molecular flexibility index (Phi) is 24.1. The molecule has 6 atom stereocenters. The second kappa shape index (κ2) is 29.4. The number of fused-ring (bicyclic) bond motifs is 2. The molecule has 0 spiro atoms. The minimum Gasteiger partial charge on any atom is -0.507 e. The van der Waals surface area contributed by atoms with Gasteiger partial charge in [-0.25, -0.2) is 9.59 Å². The number of rotatable bonds is 28. The SMILES string of the molecule is C[C@H](NC(=O)[C@H](C)N(CCNc1ccc(NCCN(C(=O)OC(C)(C)C)[C@@H](C)C(=O)N[C@@H](C)C(=O)N[C@@H](CCCN=C(N)N)C(N)=O)c2c1C(=O)c1c(O)ccc(O)c1C2=O)C(=O)OC(C)(C)C)C(=O)N[C@@H](CCCN=C(N)N)C(N)=O. The maximum Gasteiger partial charge on any atom is 0.411 e. The van der Waals surface area contributed by atoms with E-state index in [1.165, 1.54) is 39.8 Å². The van der Waals surface area contributed by atoms with Crippen molar-refractivity contribution < 1.29 is 67.6 Å². The summed E-state index contributed by atoms with van der Waals surface area (Å²) in [4.78, 5) is 144. The van der Waals surface area contributed by atoms with Crippen molar-refractivity contribution in [3.05, 3.63) is 46.5 Å². The number of ether oxygens (including phenoxy) is 2. The smallest absolute Gasteiger partial charge is 0.411 e. The summed E-state index contributed by atoms with van der Waals surface area (Å²) >= 11 is 0. The predicted molar refractivity (Wildman–Crippen MR) is 302 cm³/mol. The highest BCUT2D eigenvalue weighted by Gasteiger charge is 2.39. The first-order valence-electron chi connectivity index (χ1n) is 26.3. The predicted octanol–water partition coefficient (Wildman–Crippen LogP) is -0.995. The molecule has 0 saturated carbocycles. The van der Waals surface area contributed by atoms with Gasteiger partial charge in [0.15, 0.2) is 11.9 Å². The van der Waals surface area contributed by atoms with Crippen molar-refractivity contribution in [2.75, 3.05) is 49.9 Å². The van der Waals surface area contributed by atoms with E-state index in [-0.39, 0.29) is 99.4 Å². The van der Waals surface area contributed by atoms with Crippen LogP contribution in [-0.4, -0.2) is 178 Å². The molecule has 0 unspecified atom stereocenters. The molecule has 452 valence electrons. The van der Waals surface area contributed by atoms with E-state index in [0.717, 1.165) is 21.9 Å². The van der Waals surface area contributed by atoms with Crippen LogP contribution >= 0.6 is 0 Å². The molecule has 0 aromatic heterocycles. The molecule has 0 aliphatic heterocycles. The number of aliphatic imine (C=N–C) groups is 2. The van der Waals surface area contributed by atoms with Crippen molar-refractivity contribution in [3.8, 4) is 11.5 Å². The molecule has 0 saturated heterocycles. The first kappa shape index (κ1) is 67.2. The number of primary amides is 2. The average molecular weight is 1150 g/mol. The molecule has 0 heterocycles. The van der Waals surface area contributed by atoms with Crippen LogP contribution in [0.5, 0.6) is 11.5 Å². The minimum absolute atomic E-state index is 0.00746. The molecular formula is C52H80N16O14. The Balaban J connectivity index is 1.94. The third kappa shape index (κ3) is 19.6. The van der Waals surface area contributed by atoms with Gasteiger partial charge in [0.25, 0.3) is 0 Å². The number of guanidine groups is 2. The molecule has 1 aliphatic carbocycles. The third-order valence-electron chi connectivity index (χ3n) is 12.3. The average Bonchev–Trinajstić information content (AvgIpc) is 2.25. The number of anilines is 2. The summed E-state index contributed by atoms with van der Waals surface area (Å²) in [5.41, 5.74) is 28.7. The topological polar surface area (TPSA) is 489 Å². The molecule has 30 heteroatoms. The number of benzene rings is 2.